The van der Waals surface area contributed by atoms with Gasteiger partial charge in [0.25, 0.3) is 17.4 Å². The van der Waals surface area contributed by atoms with Crippen molar-refractivity contribution in [3.63, 3.8) is 0 Å². The van der Waals surface area contributed by atoms with Crippen LogP contribution < -0.4 is 32.6 Å². The molecule has 2 aromatic heterocycles. The smallest absolute Gasteiger partial charge is 0.343 e. The number of carboxylic acids is 1. The lowest BCUT2D eigenvalue weighted by Gasteiger charge is -2.31. The van der Waals surface area contributed by atoms with E-state index in [0.717, 1.165) is 17.1 Å². The van der Waals surface area contributed by atoms with Crippen LogP contribution in [0.15, 0.2) is 59.4 Å². The molecule has 8 rings (SSSR count). The Hall–Kier alpha value is -8.67. The van der Waals surface area contributed by atoms with E-state index in [2.05, 4.69) is 21.3 Å². The Labute approximate surface area is 432 Å². The Morgan fingerprint density at radius 3 is 2.34 bits per heavy atom. The van der Waals surface area contributed by atoms with Gasteiger partial charge in [-0.3, -0.25) is 52.8 Å². The van der Waals surface area contributed by atoms with Crippen molar-refractivity contribution in [1.29, 1.82) is 0 Å². The molecular formula is C52H54FN9O14. The number of halogens is 1. The first kappa shape index (κ1) is 53.6. The number of nitrogens with two attached hydrogens (primary N) is 1. The first-order valence-corrected chi connectivity index (χ1v) is 24.5. The molecule has 0 bridgehead atoms. The molecule has 8 N–H and O–H groups in total. The van der Waals surface area contributed by atoms with E-state index in [-0.39, 0.29) is 62.0 Å². The summed E-state index contributed by atoms with van der Waals surface area (Å²) in [6, 6.07) is 7.88. The summed E-state index contributed by atoms with van der Waals surface area (Å²) in [4.78, 5) is 149. The summed E-state index contributed by atoms with van der Waals surface area (Å²) in [5.74, 6) is -9.17. The number of imide groups is 1. The number of amides is 8. The van der Waals surface area contributed by atoms with E-state index in [1.54, 1.807) is 50.2 Å². The van der Waals surface area contributed by atoms with Crippen molar-refractivity contribution < 1.29 is 67.3 Å². The highest BCUT2D eigenvalue weighted by atomic mass is 19.1. The zero-order valence-corrected chi connectivity index (χ0v) is 41.4. The van der Waals surface area contributed by atoms with Gasteiger partial charge in [0, 0.05) is 60.5 Å². The Kier molecular flexibility index (Phi) is 15.6. The van der Waals surface area contributed by atoms with E-state index in [0.29, 0.717) is 62.3 Å². The number of benzene rings is 2. The first-order valence-electron chi connectivity index (χ1n) is 24.5. The quantitative estimate of drug-likeness (QED) is 0.0371. The number of hydrogen-bond acceptors (Lipinski definition) is 14. The van der Waals surface area contributed by atoms with Crippen LogP contribution in [0.4, 0.5) is 4.39 Å². The van der Waals surface area contributed by atoms with Gasteiger partial charge in [0.15, 0.2) is 5.60 Å². The number of carboxylic acid groups (broad SMARTS) is 1. The van der Waals surface area contributed by atoms with E-state index in [1.807, 2.05) is 0 Å². The maximum absolute atomic E-state index is 15.5. The van der Waals surface area contributed by atoms with Crippen molar-refractivity contribution in [2.45, 2.75) is 102 Å². The Morgan fingerprint density at radius 1 is 0.947 bits per heavy atom. The van der Waals surface area contributed by atoms with Crippen LogP contribution in [0, 0.1) is 12.7 Å². The van der Waals surface area contributed by atoms with Gasteiger partial charge in [-0.1, -0.05) is 37.3 Å². The summed E-state index contributed by atoms with van der Waals surface area (Å²) in [7, 11) is 0. The van der Waals surface area contributed by atoms with E-state index in [1.165, 1.54) is 10.6 Å². The predicted octanol–water partition coefficient (Wildman–Crippen LogP) is -0.157. The number of pyridine rings is 2. The molecule has 4 aliphatic rings. The summed E-state index contributed by atoms with van der Waals surface area (Å²) in [6.07, 6.45) is 1.24. The number of ether oxygens (including phenoxy) is 1. The predicted molar refractivity (Wildman–Crippen MR) is 263 cm³/mol. The number of carbonyl (C=O) groups excluding carboxylic acids is 9. The minimum Gasteiger partial charge on any atom is -0.481 e. The third-order valence-electron chi connectivity index (χ3n) is 14.1. The number of fused-ring (bicyclic) bond motifs is 5. The minimum atomic E-state index is -2.08. The number of cyclic esters (lactones) is 1. The van der Waals surface area contributed by atoms with Crippen LogP contribution >= 0.6 is 0 Å². The van der Waals surface area contributed by atoms with Gasteiger partial charge < -0.3 is 51.4 Å². The molecule has 23 nitrogen and oxygen atoms in total. The van der Waals surface area contributed by atoms with Crippen LogP contribution in [0.3, 0.4) is 0 Å². The number of hydrogen-bond donors (Lipinski definition) is 7. The van der Waals surface area contributed by atoms with Gasteiger partial charge in [-0.25, -0.2) is 14.2 Å². The molecule has 0 spiro atoms. The fraction of sp³-hybridized carbons (Fsp3) is 0.385. The molecule has 5 heterocycles. The molecule has 398 valence electrons. The molecule has 0 radical (unpaired) electrons. The molecule has 4 atom stereocenters. The zero-order chi connectivity index (χ0) is 54.7. The van der Waals surface area contributed by atoms with Crippen molar-refractivity contribution >= 4 is 70.1 Å². The second kappa shape index (κ2) is 22.0. The molecule has 2 aromatic carbocycles. The number of aliphatic carboxylic acids is 1. The molecular weight excluding hydrogens is 994 g/mol. The molecule has 0 saturated carbocycles. The van der Waals surface area contributed by atoms with Gasteiger partial charge >= 0.3 is 11.9 Å². The monoisotopic (exact) mass is 1050 g/mol. The number of nitrogens with one attached hydrogen (secondary N) is 4. The topological polar surface area (TPSA) is 336 Å². The average Bonchev–Trinajstić information content (AvgIpc) is 3.93. The summed E-state index contributed by atoms with van der Waals surface area (Å²) >= 11 is 0. The van der Waals surface area contributed by atoms with Crippen molar-refractivity contribution in [2.75, 3.05) is 26.2 Å². The van der Waals surface area contributed by atoms with Gasteiger partial charge in [0.05, 0.1) is 54.7 Å². The molecule has 1 aliphatic carbocycles. The maximum atomic E-state index is 15.5. The van der Waals surface area contributed by atoms with Crippen molar-refractivity contribution in [1.82, 2.24) is 40.6 Å². The summed E-state index contributed by atoms with van der Waals surface area (Å²) in [6.45, 7) is 0.721. The Bertz CT molecular complexity index is 3210. The largest absolute Gasteiger partial charge is 0.481 e. The number of primary amides is 1. The maximum Gasteiger partial charge on any atom is 0.343 e. The summed E-state index contributed by atoms with van der Waals surface area (Å²) in [5, 5.41) is 31.4. The number of aromatic nitrogens is 2. The lowest BCUT2D eigenvalue weighted by atomic mass is 9.81. The first-order chi connectivity index (χ1) is 36.2. The highest BCUT2D eigenvalue weighted by Gasteiger charge is 2.46. The number of esters is 1. The second-order valence-corrected chi connectivity index (χ2v) is 18.9. The van der Waals surface area contributed by atoms with Crippen LogP contribution in [-0.4, -0.2) is 127 Å². The number of rotatable bonds is 21. The molecule has 4 aromatic rings. The Morgan fingerprint density at radius 2 is 1.66 bits per heavy atom. The fourth-order valence-corrected chi connectivity index (χ4v) is 10.3. The third-order valence-corrected chi connectivity index (χ3v) is 14.1. The van der Waals surface area contributed by atoms with Crippen LogP contribution in [0.25, 0.3) is 22.3 Å². The number of aryl methyl sites for hydroxylation is 1. The van der Waals surface area contributed by atoms with Crippen molar-refractivity contribution in [3.05, 3.63) is 110 Å². The molecule has 3 aliphatic heterocycles. The fourth-order valence-electron chi connectivity index (χ4n) is 10.3. The highest BCUT2D eigenvalue weighted by molar-refractivity contribution is 6.15. The SMILES string of the molecule is CC[C@@]1(O)C(=O)OCc2c1cc1n(c2=O)Cc2c-1nc1cc(F)c(C)c3c1c2[C@@H](NC(=O)CCCN(CC(N)=O)C(=O)[C@H](Cc1ccccc1)NC(=O)CNC(=O)CNC(=O)[C@H](CCC(=O)O)N1C(=O)C=CC1=O)CC3. The Balaban J connectivity index is 0.942. The molecule has 0 unspecified atom stereocenters. The normalized spacial score (nSPS) is 17.7. The van der Waals surface area contributed by atoms with Crippen LogP contribution in [0.1, 0.15) is 90.4 Å². The van der Waals surface area contributed by atoms with E-state index < -0.39 is 127 Å². The van der Waals surface area contributed by atoms with Crippen molar-refractivity contribution in [3.8, 4) is 11.4 Å². The number of carbonyl (C=O) groups is 10. The van der Waals surface area contributed by atoms with Crippen molar-refractivity contribution in [2.24, 2.45) is 5.73 Å². The van der Waals surface area contributed by atoms with Crippen LogP contribution in [0.2, 0.25) is 0 Å². The number of nitrogens with zero attached hydrogens (tertiary/aromatic N) is 4. The number of aliphatic hydroxyl groups is 1. The van der Waals surface area contributed by atoms with Gasteiger partial charge in [0.1, 0.15) is 24.5 Å². The molecule has 8 amide bonds. The van der Waals surface area contributed by atoms with Crippen LogP contribution in [-0.2, 0) is 84.3 Å². The van der Waals surface area contributed by atoms with Crippen LogP contribution in [0.5, 0.6) is 0 Å². The second-order valence-electron chi connectivity index (χ2n) is 18.9. The average molecular weight is 1050 g/mol. The van der Waals surface area contributed by atoms with E-state index >= 15 is 4.39 Å². The molecule has 24 heteroatoms. The standard InChI is InChI=1S/C52H54FN9O14/c1-3-52(75)31-19-37-47-29(23-61(37)49(72)30(31)25-76-51(52)74)46-33(12-11-28-26(2)32(53)20-34(59-47)45(28)46)57-39(64)10-7-17-60(24-38(54)63)50(73)35(18-27-8-5-4-6-9-27)58-41(66)22-55-40(65)21-56-48(71)36(13-16-44(69)70)62-42(67)14-15-43(62)68/h4-6,8-9,14-15,19-20,33,35-36,75H,3,7,10-13,16-18,21-25H2,1-2H3,(H2,54,63)(H,55,65)(H,56,71)(H,57,64)(H,58,66)(H,69,70)/t33-,35-,36-,52-/m0/s1. The lowest BCUT2D eigenvalue weighted by Crippen LogP contribution is -2.54. The lowest BCUT2D eigenvalue weighted by molar-refractivity contribution is -0.172. The van der Waals surface area contributed by atoms with Gasteiger partial charge in [0.2, 0.25) is 35.4 Å². The third kappa shape index (κ3) is 10.8. The molecule has 0 fully saturated rings. The van der Waals surface area contributed by atoms with Gasteiger partial charge in [-0.2, -0.15) is 0 Å². The molecule has 0 saturated heterocycles. The molecule has 76 heavy (non-hydrogen) atoms. The van der Waals surface area contributed by atoms with E-state index in [4.69, 9.17) is 20.6 Å². The zero-order valence-electron chi connectivity index (χ0n) is 41.4. The van der Waals surface area contributed by atoms with E-state index in [9.17, 15) is 57.8 Å². The van der Waals surface area contributed by atoms with Gasteiger partial charge in [-0.05, 0) is 67.3 Å². The highest BCUT2D eigenvalue weighted by Crippen LogP contribution is 2.46. The minimum absolute atomic E-state index is 0.0113. The summed E-state index contributed by atoms with van der Waals surface area (Å²) in [5.41, 5.74) is 7.11. The summed E-state index contributed by atoms with van der Waals surface area (Å²) < 4.78 is 22.2. The van der Waals surface area contributed by atoms with Gasteiger partial charge in [-0.15, -0.1) is 0 Å².